The van der Waals surface area contributed by atoms with Crippen molar-refractivity contribution in [2.24, 2.45) is 11.8 Å². The van der Waals surface area contributed by atoms with E-state index in [1.165, 1.54) is 0 Å². The number of hydrogen-bond donors (Lipinski definition) is 1. The summed E-state index contributed by atoms with van der Waals surface area (Å²) in [4.78, 5) is 11.1. The van der Waals surface area contributed by atoms with Gasteiger partial charge in [-0.25, -0.2) is 0 Å². The van der Waals surface area contributed by atoms with Crippen LogP contribution >= 0.6 is 0 Å². The van der Waals surface area contributed by atoms with Crippen LogP contribution in [-0.2, 0) is 9.53 Å². The van der Waals surface area contributed by atoms with E-state index in [4.69, 9.17) is 5.11 Å². The van der Waals surface area contributed by atoms with E-state index in [0.29, 0.717) is 0 Å². The summed E-state index contributed by atoms with van der Waals surface area (Å²) in [7, 11) is 0. The van der Waals surface area contributed by atoms with Gasteiger partial charge in [-0.1, -0.05) is 6.92 Å². The summed E-state index contributed by atoms with van der Waals surface area (Å²) >= 11 is 0. The van der Waals surface area contributed by atoms with Crippen LogP contribution in [0.4, 0.5) is 0 Å². The highest BCUT2D eigenvalue weighted by Crippen LogP contribution is 2.28. The molecule has 0 radical (unpaired) electrons. The lowest BCUT2D eigenvalue weighted by molar-refractivity contribution is -0.158. The van der Waals surface area contributed by atoms with Crippen molar-refractivity contribution < 1.29 is 14.6 Å². The third-order valence-electron chi connectivity index (χ3n) is 2.56. The van der Waals surface area contributed by atoms with Crippen LogP contribution in [0.2, 0.25) is 0 Å². The van der Waals surface area contributed by atoms with Crippen molar-refractivity contribution in [2.45, 2.75) is 32.6 Å². The van der Waals surface area contributed by atoms with Crippen LogP contribution in [0.3, 0.4) is 0 Å². The summed E-state index contributed by atoms with van der Waals surface area (Å²) in [6, 6.07) is 0. The summed E-state index contributed by atoms with van der Waals surface area (Å²) < 4.78 is 4.53. The summed E-state index contributed by atoms with van der Waals surface area (Å²) in [5.41, 5.74) is 0. The third kappa shape index (κ3) is 2.48. The molecule has 0 spiro atoms. The normalized spacial score (nSPS) is 29.8. The van der Waals surface area contributed by atoms with E-state index in [9.17, 15) is 4.79 Å². The Morgan fingerprint density at radius 3 is 2.50 bits per heavy atom. The van der Waals surface area contributed by atoms with Crippen LogP contribution in [0, 0.1) is 11.8 Å². The first kappa shape index (κ1) is 9.52. The molecular formula is C9H16O3. The van der Waals surface area contributed by atoms with Crippen molar-refractivity contribution in [1.29, 1.82) is 0 Å². The number of esters is 1. The highest BCUT2D eigenvalue weighted by molar-refractivity contribution is 5.72. The lowest BCUT2D eigenvalue weighted by Gasteiger charge is -2.23. The second kappa shape index (κ2) is 4.45. The topological polar surface area (TPSA) is 46.5 Å². The van der Waals surface area contributed by atoms with Crippen molar-refractivity contribution in [3.05, 3.63) is 0 Å². The molecule has 0 aromatic heterocycles. The highest BCUT2D eigenvalue weighted by atomic mass is 16.6. The van der Waals surface area contributed by atoms with Gasteiger partial charge in [0.2, 0.25) is 0 Å². The predicted octanol–water partition coefficient (Wildman–Crippen LogP) is 1.31. The average molecular weight is 172 g/mol. The number of aliphatic hydroxyl groups is 1. The molecule has 0 aliphatic heterocycles. The lowest BCUT2D eigenvalue weighted by Crippen LogP contribution is -2.23. The van der Waals surface area contributed by atoms with Gasteiger partial charge in [0, 0.05) is 0 Å². The van der Waals surface area contributed by atoms with Crippen molar-refractivity contribution in [3.8, 4) is 0 Å². The zero-order chi connectivity index (χ0) is 8.97. The predicted molar refractivity (Wildman–Crippen MR) is 44.3 cm³/mol. The number of hydrogen-bond acceptors (Lipinski definition) is 3. The Balaban J connectivity index is 2.29. The van der Waals surface area contributed by atoms with E-state index in [-0.39, 0.29) is 11.9 Å². The molecular weight excluding hydrogens is 156 g/mol. The summed E-state index contributed by atoms with van der Waals surface area (Å²) in [5, 5.41) is 8.38. The Labute approximate surface area is 72.7 Å². The quantitative estimate of drug-likeness (QED) is 0.504. The fourth-order valence-electron chi connectivity index (χ4n) is 1.68. The van der Waals surface area contributed by atoms with Crippen molar-refractivity contribution in [1.82, 2.24) is 0 Å². The van der Waals surface area contributed by atoms with E-state index in [1.54, 1.807) is 0 Å². The van der Waals surface area contributed by atoms with Crippen LogP contribution in [0.15, 0.2) is 0 Å². The molecule has 0 unspecified atom stereocenters. The highest BCUT2D eigenvalue weighted by Gasteiger charge is 2.25. The van der Waals surface area contributed by atoms with Crippen LogP contribution in [0.5, 0.6) is 0 Å². The third-order valence-corrected chi connectivity index (χ3v) is 2.56. The van der Waals surface area contributed by atoms with Crippen LogP contribution in [0.25, 0.3) is 0 Å². The molecule has 12 heavy (non-hydrogen) atoms. The van der Waals surface area contributed by atoms with Gasteiger partial charge in [0.15, 0.2) is 6.79 Å². The Kier molecular flexibility index (Phi) is 3.53. The van der Waals surface area contributed by atoms with Gasteiger partial charge >= 0.3 is 5.97 Å². The number of carbonyl (C=O) groups is 1. The minimum Gasteiger partial charge on any atom is -0.438 e. The Morgan fingerprint density at radius 2 is 2.00 bits per heavy atom. The Hall–Kier alpha value is -0.570. The molecule has 1 aliphatic rings. The fourth-order valence-corrected chi connectivity index (χ4v) is 1.68. The smallest absolute Gasteiger partial charge is 0.311 e. The average Bonchev–Trinajstić information content (AvgIpc) is 2.06. The van der Waals surface area contributed by atoms with Crippen LogP contribution in [-0.4, -0.2) is 17.9 Å². The molecule has 1 aliphatic carbocycles. The number of carbonyl (C=O) groups excluding carboxylic acids is 1. The molecule has 0 amide bonds. The maximum atomic E-state index is 11.1. The minimum absolute atomic E-state index is 0.0355. The Bertz CT molecular complexity index is 148. The molecule has 1 fully saturated rings. The molecule has 1 saturated carbocycles. The molecule has 70 valence electrons. The Morgan fingerprint density at radius 1 is 1.42 bits per heavy atom. The summed E-state index contributed by atoms with van der Waals surface area (Å²) in [6.07, 6.45) is 4.04. The second-order valence-corrected chi connectivity index (χ2v) is 3.55. The number of aliphatic hydroxyl groups excluding tert-OH is 1. The van der Waals surface area contributed by atoms with Gasteiger partial charge in [0.05, 0.1) is 5.92 Å². The molecule has 0 aromatic rings. The number of ether oxygens (including phenoxy) is 1. The molecule has 3 nitrogen and oxygen atoms in total. The van der Waals surface area contributed by atoms with E-state index in [0.717, 1.165) is 31.6 Å². The van der Waals surface area contributed by atoms with Crippen LogP contribution < -0.4 is 0 Å². The van der Waals surface area contributed by atoms with E-state index in [2.05, 4.69) is 11.7 Å². The van der Waals surface area contributed by atoms with Crippen molar-refractivity contribution in [2.75, 3.05) is 6.79 Å². The monoisotopic (exact) mass is 172 g/mol. The standard InChI is InChI=1S/C9H16O3/c1-7-2-4-8(5-3-7)9(11)12-6-10/h7-8,10H,2-6H2,1H3. The number of rotatable bonds is 2. The minimum atomic E-state index is -0.481. The van der Waals surface area contributed by atoms with Gasteiger partial charge in [-0.2, -0.15) is 0 Å². The van der Waals surface area contributed by atoms with E-state index >= 15 is 0 Å². The molecule has 0 heterocycles. The second-order valence-electron chi connectivity index (χ2n) is 3.55. The zero-order valence-electron chi connectivity index (χ0n) is 7.45. The first-order chi connectivity index (χ1) is 5.74. The van der Waals surface area contributed by atoms with Gasteiger partial charge in [-0.3, -0.25) is 4.79 Å². The van der Waals surface area contributed by atoms with Gasteiger partial charge < -0.3 is 9.84 Å². The molecule has 0 saturated heterocycles. The summed E-state index contributed by atoms with van der Waals surface area (Å²) in [6.45, 7) is 1.72. The lowest BCUT2D eigenvalue weighted by atomic mass is 9.83. The first-order valence-electron chi connectivity index (χ1n) is 4.51. The van der Waals surface area contributed by atoms with Gasteiger partial charge in [-0.05, 0) is 31.6 Å². The van der Waals surface area contributed by atoms with Gasteiger partial charge in [0.1, 0.15) is 0 Å². The fraction of sp³-hybridized carbons (Fsp3) is 0.889. The first-order valence-corrected chi connectivity index (χ1v) is 4.51. The zero-order valence-corrected chi connectivity index (χ0v) is 7.45. The molecule has 1 rings (SSSR count). The molecule has 0 atom stereocenters. The van der Waals surface area contributed by atoms with E-state index in [1.807, 2.05) is 0 Å². The van der Waals surface area contributed by atoms with Crippen molar-refractivity contribution >= 4 is 5.97 Å². The SMILES string of the molecule is CC1CCC(C(=O)OCO)CC1. The molecule has 0 bridgehead atoms. The summed E-state index contributed by atoms with van der Waals surface area (Å²) in [5.74, 6) is 0.543. The van der Waals surface area contributed by atoms with Crippen LogP contribution in [0.1, 0.15) is 32.6 Å². The molecule has 1 N–H and O–H groups in total. The van der Waals surface area contributed by atoms with E-state index < -0.39 is 6.79 Å². The maximum Gasteiger partial charge on any atom is 0.311 e. The molecule has 0 aromatic carbocycles. The maximum absolute atomic E-state index is 11.1. The van der Waals surface area contributed by atoms with Crippen molar-refractivity contribution in [3.63, 3.8) is 0 Å². The van der Waals surface area contributed by atoms with Gasteiger partial charge in [-0.15, -0.1) is 0 Å². The molecule has 3 heteroatoms. The largest absolute Gasteiger partial charge is 0.438 e. The van der Waals surface area contributed by atoms with Gasteiger partial charge in [0.25, 0.3) is 0 Å².